The zero-order valence-electron chi connectivity index (χ0n) is 16.7. The molecule has 4 aromatic rings. The average molecular weight is 407 g/mol. The highest BCUT2D eigenvalue weighted by molar-refractivity contribution is 5.85. The molecule has 150 valence electrons. The summed E-state index contributed by atoms with van der Waals surface area (Å²) in [4.78, 5) is 3.34. The smallest absolute Gasteiger partial charge is 0.120 e. The van der Waals surface area contributed by atoms with Crippen LogP contribution in [0.2, 0.25) is 0 Å². The summed E-state index contributed by atoms with van der Waals surface area (Å²) in [5.41, 5.74) is 6.26. The monoisotopic (exact) mass is 406 g/mol. The Morgan fingerprint density at radius 1 is 0.897 bits per heavy atom. The highest BCUT2D eigenvalue weighted by Crippen LogP contribution is 2.18. The Morgan fingerprint density at radius 2 is 1.72 bits per heavy atom. The van der Waals surface area contributed by atoms with Gasteiger partial charge < -0.3 is 15.0 Å². The predicted octanol–water partition coefficient (Wildman–Crippen LogP) is 5.81. The van der Waals surface area contributed by atoms with E-state index in [1.54, 1.807) is 0 Å². The molecular weight excluding hydrogens is 380 g/mol. The Bertz CT molecular complexity index is 1040. The van der Waals surface area contributed by atoms with Crippen LogP contribution in [0, 0.1) is 6.92 Å². The largest absolute Gasteiger partial charge is 0.489 e. The molecule has 0 amide bonds. The fourth-order valence-corrected chi connectivity index (χ4v) is 3.39. The summed E-state index contributed by atoms with van der Waals surface area (Å²) >= 11 is 0. The number of hydrogen-bond acceptors (Lipinski definition) is 2. The minimum absolute atomic E-state index is 0. The zero-order valence-corrected chi connectivity index (χ0v) is 17.5. The summed E-state index contributed by atoms with van der Waals surface area (Å²) in [5, 5.41) is 4.86. The van der Waals surface area contributed by atoms with Gasteiger partial charge in [-0.3, -0.25) is 0 Å². The van der Waals surface area contributed by atoms with Crippen LogP contribution in [-0.2, 0) is 19.6 Å². The minimum atomic E-state index is 0. The molecule has 2 N–H and O–H groups in total. The minimum Gasteiger partial charge on any atom is -0.489 e. The van der Waals surface area contributed by atoms with Crippen LogP contribution in [0.5, 0.6) is 5.75 Å². The SMILES string of the molecule is Cc1ccc(COc2cccc(CNCCc3c[nH]c4ccccc34)c2)cc1.Cl. The zero-order chi connectivity index (χ0) is 19.2. The summed E-state index contributed by atoms with van der Waals surface area (Å²) in [6, 6.07) is 25.2. The number of aromatic nitrogens is 1. The van der Waals surface area contributed by atoms with Crippen molar-refractivity contribution in [3.63, 3.8) is 0 Å². The number of para-hydroxylation sites is 1. The van der Waals surface area contributed by atoms with Crippen molar-refractivity contribution in [3.8, 4) is 5.75 Å². The lowest BCUT2D eigenvalue weighted by Crippen LogP contribution is -2.16. The summed E-state index contributed by atoms with van der Waals surface area (Å²) in [5.74, 6) is 0.913. The van der Waals surface area contributed by atoms with E-state index in [9.17, 15) is 0 Å². The molecule has 3 nitrogen and oxygen atoms in total. The van der Waals surface area contributed by atoms with E-state index < -0.39 is 0 Å². The van der Waals surface area contributed by atoms with Gasteiger partial charge in [0.25, 0.3) is 0 Å². The number of benzene rings is 3. The fraction of sp³-hybridized carbons (Fsp3) is 0.200. The van der Waals surface area contributed by atoms with Crippen LogP contribution in [0.1, 0.15) is 22.3 Å². The first-order chi connectivity index (χ1) is 13.8. The maximum atomic E-state index is 5.95. The summed E-state index contributed by atoms with van der Waals surface area (Å²) in [7, 11) is 0. The van der Waals surface area contributed by atoms with E-state index >= 15 is 0 Å². The molecule has 0 aliphatic carbocycles. The first kappa shape index (κ1) is 21.0. The average Bonchev–Trinajstić information content (AvgIpc) is 3.14. The summed E-state index contributed by atoms with van der Waals surface area (Å²) < 4.78 is 5.95. The summed E-state index contributed by atoms with van der Waals surface area (Å²) in [6.07, 6.45) is 3.12. The molecule has 4 heteroatoms. The molecule has 0 aliphatic heterocycles. The lowest BCUT2D eigenvalue weighted by Gasteiger charge is -2.09. The molecule has 1 heterocycles. The standard InChI is InChI=1S/C25H26N2O.ClH/c1-19-9-11-20(12-10-19)18-28-23-6-4-5-21(15-23)16-26-14-13-22-17-27-25-8-3-2-7-24(22)25;/h2-12,15,17,26-27H,13-14,16,18H2,1H3;1H. The molecule has 0 unspecified atom stereocenters. The van der Waals surface area contributed by atoms with Crippen molar-refractivity contribution in [2.45, 2.75) is 26.5 Å². The quantitative estimate of drug-likeness (QED) is 0.362. The Balaban J connectivity index is 0.00000240. The number of aromatic amines is 1. The van der Waals surface area contributed by atoms with Gasteiger partial charge in [-0.25, -0.2) is 0 Å². The van der Waals surface area contributed by atoms with E-state index in [1.807, 2.05) is 6.07 Å². The normalized spacial score (nSPS) is 10.7. The number of ether oxygens (including phenoxy) is 1. The highest BCUT2D eigenvalue weighted by Gasteiger charge is 2.03. The van der Waals surface area contributed by atoms with Crippen molar-refractivity contribution >= 4 is 23.3 Å². The van der Waals surface area contributed by atoms with Crippen molar-refractivity contribution < 1.29 is 4.74 Å². The number of rotatable bonds is 8. The topological polar surface area (TPSA) is 37.0 Å². The lowest BCUT2D eigenvalue weighted by atomic mass is 10.1. The highest BCUT2D eigenvalue weighted by atomic mass is 35.5. The van der Waals surface area contributed by atoms with Gasteiger partial charge in [0.05, 0.1) is 0 Å². The Labute approximate surface area is 178 Å². The van der Waals surface area contributed by atoms with E-state index in [2.05, 4.69) is 90.2 Å². The fourth-order valence-electron chi connectivity index (χ4n) is 3.39. The van der Waals surface area contributed by atoms with Crippen LogP contribution in [0.3, 0.4) is 0 Å². The second kappa shape index (κ2) is 10.1. The molecule has 0 saturated heterocycles. The Kier molecular flexibility index (Phi) is 7.34. The van der Waals surface area contributed by atoms with E-state index in [1.165, 1.54) is 33.2 Å². The second-order valence-electron chi connectivity index (χ2n) is 7.21. The van der Waals surface area contributed by atoms with Gasteiger partial charge in [-0.15, -0.1) is 12.4 Å². The molecule has 0 fully saturated rings. The molecular formula is C25H27ClN2O. The number of nitrogens with one attached hydrogen (secondary N) is 2. The van der Waals surface area contributed by atoms with Crippen LogP contribution in [0.25, 0.3) is 10.9 Å². The molecule has 1 aromatic heterocycles. The number of H-pyrrole nitrogens is 1. The first-order valence-electron chi connectivity index (χ1n) is 9.81. The first-order valence-corrected chi connectivity index (χ1v) is 9.81. The van der Waals surface area contributed by atoms with Crippen molar-refractivity contribution in [1.29, 1.82) is 0 Å². The summed E-state index contributed by atoms with van der Waals surface area (Å²) in [6.45, 7) is 4.47. The predicted molar refractivity (Wildman–Crippen MR) is 123 cm³/mol. The molecule has 4 rings (SSSR count). The molecule has 0 aliphatic rings. The van der Waals surface area contributed by atoms with Crippen molar-refractivity contribution in [2.24, 2.45) is 0 Å². The molecule has 0 radical (unpaired) electrons. The van der Waals surface area contributed by atoms with Crippen LogP contribution in [0.4, 0.5) is 0 Å². The van der Waals surface area contributed by atoms with Crippen LogP contribution < -0.4 is 10.1 Å². The van der Waals surface area contributed by atoms with E-state index in [0.29, 0.717) is 6.61 Å². The number of hydrogen-bond donors (Lipinski definition) is 2. The van der Waals surface area contributed by atoms with Crippen LogP contribution >= 0.6 is 12.4 Å². The maximum Gasteiger partial charge on any atom is 0.120 e. The molecule has 0 saturated carbocycles. The van der Waals surface area contributed by atoms with Crippen molar-refractivity contribution in [1.82, 2.24) is 10.3 Å². The molecule has 29 heavy (non-hydrogen) atoms. The van der Waals surface area contributed by atoms with Crippen LogP contribution in [-0.4, -0.2) is 11.5 Å². The second-order valence-corrected chi connectivity index (χ2v) is 7.21. The van der Waals surface area contributed by atoms with Gasteiger partial charge in [-0.2, -0.15) is 0 Å². The maximum absolute atomic E-state index is 5.95. The van der Waals surface area contributed by atoms with Gasteiger partial charge in [-0.1, -0.05) is 60.2 Å². The van der Waals surface area contributed by atoms with Crippen molar-refractivity contribution in [3.05, 3.63) is 101 Å². The Hall–Kier alpha value is -2.75. The van der Waals surface area contributed by atoms with Crippen LogP contribution in [0.15, 0.2) is 79.0 Å². The molecule has 0 atom stereocenters. The van der Waals surface area contributed by atoms with Crippen molar-refractivity contribution in [2.75, 3.05) is 6.54 Å². The Morgan fingerprint density at radius 3 is 2.59 bits per heavy atom. The number of halogens is 1. The number of aryl methyl sites for hydroxylation is 1. The van der Waals surface area contributed by atoms with Gasteiger partial charge in [0.2, 0.25) is 0 Å². The van der Waals surface area contributed by atoms with Gasteiger partial charge in [0, 0.05) is 23.6 Å². The van der Waals surface area contributed by atoms with Gasteiger partial charge in [-0.05, 0) is 54.8 Å². The third-order valence-corrected chi connectivity index (χ3v) is 5.00. The van der Waals surface area contributed by atoms with E-state index in [-0.39, 0.29) is 12.4 Å². The van der Waals surface area contributed by atoms with Gasteiger partial charge >= 0.3 is 0 Å². The van der Waals surface area contributed by atoms with Gasteiger partial charge in [0.1, 0.15) is 12.4 Å². The molecule has 0 spiro atoms. The third-order valence-electron chi connectivity index (χ3n) is 5.00. The van der Waals surface area contributed by atoms with E-state index in [0.717, 1.165) is 25.3 Å². The molecule has 0 bridgehead atoms. The number of fused-ring (bicyclic) bond motifs is 1. The molecule has 3 aromatic carbocycles. The lowest BCUT2D eigenvalue weighted by molar-refractivity contribution is 0.306. The van der Waals surface area contributed by atoms with Gasteiger partial charge in [0.15, 0.2) is 0 Å². The van der Waals surface area contributed by atoms with E-state index in [4.69, 9.17) is 4.74 Å². The third kappa shape index (κ3) is 5.63.